The van der Waals surface area contributed by atoms with Crippen molar-refractivity contribution in [3.8, 4) is 11.5 Å². The van der Waals surface area contributed by atoms with Gasteiger partial charge in [0, 0.05) is 37.9 Å². The van der Waals surface area contributed by atoms with E-state index in [1.165, 1.54) is 19.1 Å². The zero-order chi connectivity index (χ0) is 22.1. The maximum atomic E-state index is 14.1. The van der Waals surface area contributed by atoms with Crippen LogP contribution >= 0.6 is 0 Å². The van der Waals surface area contributed by atoms with Gasteiger partial charge in [-0.2, -0.15) is 0 Å². The summed E-state index contributed by atoms with van der Waals surface area (Å²) in [6.45, 7) is 3.32. The van der Waals surface area contributed by atoms with E-state index >= 15 is 0 Å². The number of fused-ring (bicyclic) bond motifs is 1. The minimum atomic E-state index is -0.667. The lowest BCUT2D eigenvalue weighted by molar-refractivity contribution is -0.114. The Labute approximate surface area is 178 Å². The van der Waals surface area contributed by atoms with E-state index < -0.39 is 17.9 Å². The Hall–Kier alpha value is -3.88. The first-order valence-electron chi connectivity index (χ1n) is 9.58. The Morgan fingerprint density at radius 1 is 1.19 bits per heavy atom. The van der Waals surface area contributed by atoms with Gasteiger partial charge in [0.15, 0.2) is 6.29 Å². The molecule has 31 heavy (non-hydrogen) atoms. The van der Waals surface area contributed by atoms with Crippen molar-refractivity contribution in [3.63, 3.8) is 0 Å². The van der Waals surface area contributed by atoms with Crippen LogP contribution in [-0.4, -0.2) is 24.2 Å². The number of amides is 1. The Morgan fingerprint density at radius 3 is 2.74 bits per heavy atom. The molecule has 1 aliphatic heterocycles. The first-order chi connectivity index (χ1) is 14.8. The Morgan fingerprint density at radius 2 is 2.00 bits per heavy atom. The fourth-order valence-corrected chi connectivity index (χ4v) is 3.37. The number of aromatic nitrogens is 1. The van der Waals surface area contributed by atoms with Gasteiger partial charge in [0.2, 0.25) is 5.91 Å². The standard InChI is InChI=1S/C22H21F2N5O2/c1-12-19(31-15-8-9-25-20(11-15)26-13(2)30)7-6-18-21(12)28-22(29(18)3)27-17-5-4-14(23)10-16(17)24/h4-11,22,27-28H,1-3H3,(H,25,26,30). The lowest BCUT2D eigenvalue weighted by atomic mass is 10.1. The minimum absolute atomic E-state index is 0.190. The van der Waals surface area contributed by atoms with Crippen molar-refractivity contribution in [2.75, 3.05) is 27.9 Å². The molecule has 3 aromatic rings. The number of hydrogen-bond acceptors (Lipinski definition) is 6. The number of rotatable bonds is 5. The third kappa shape index (κ3) is 4.20. The Bertz CT molecular complexity index is 1150. The maximum Gasteiger partial charge on any atom is 0.222 e. The van der Waals surface area contributed by atoms with Gasteiger partial charge in [0.05, 0.1) is 17.1 Å². The summed E-state index contributed by atoms with van der Waals surface area (Å²) >= 11 is 0. The van der Waals surface area contributed by atoms with Crippen molar-refractivity contribution in [1.82, 2.24) is 4.98 Å². The molecule has 7 nitrogen and oxygen atoms in total. The van der Waals surface area contributed by atoms with E-state index in [0.717, 1.165) is 23.0 Å². The summed E-state index contributed by atoms with van der Waals surface area (Å²) in [4.78, 5) is 17.2. The van der Waals surface area contributed by atoms with Crippen LogP contribution in [0.2, 0.25) is 0 Å². The third-order valence-corrected chi connectivity index (χ3v) is 4.93. The van der Waals surface area contributed by atoms with Crippen LogP contribution in [0, 0.1) is 18.6 Å². The van der Waals surface area contributed by atoms with E-state index in [2.05, 4.69) is 20.9 Å². The van der Waals surface area contributed by atoms with E-state index in [4.69, 9.17) is 4.74 Å². The smallest absolute Gasteiger partial charge is 0.222 e. The third-order valence-electron chi connectivity index (χ3n) is 4.93. The molecule has 4 rings (SSSR count). The highest BCUT2D eigenvalue weighted by atomic mass is 19.1. The molecular formula is C22H21F2N5O2. The summed E-state index contributed by atoms with van der Waals surface area (Å²) in [5, 5.41) is 8.97. The molecule has 1 atom stereocenters. The molecule has 1 amide bonds. The van der Waals surface area contributed by atoms with Gasteiger partial charge >= 0.3 is 0 Å². The molecule has 2 aromatic carbocycles. The van der Waals surface area contributed by atoms with E-state index in [0.29, 0.717) is 17.3 Å². The topological polar surface area (TPSA) is 78.5 Å². The van der Waals surface area contributed by atoms with Crippen LogP contribution in [0.5, 0.6) is 11.5 Å². The second-order valence-electron chi connectivity index (χ2n) is 7.17. The van der Waals surface area contributed by atoms with Gasteiger partial charge in [-0.1, -0.05) is 0 Å². The molecule has 9 heteroatoms. The molecule has 2 heterocycles. The number of benzene rings is 2. The predicted octanol–water partition coefficient (Wildman–Crippen LogP) is 4.68. The van der Waals surface area contributed by atoms with Crippen molar-refractivity contribution in [1.29, 1.82) is 0 Å². The van der Waals surface area contributed by atoms with E-state index in [1.54, 1.807) is 18.3 Å². The number of hydrogen-bond donors (Lipinski definition) is 3. The van der Waals surface area contributed by atoms with E-state index in [9.17, 15) is 13.6 Å². The highest BCUT2D eigenvalue weighted by molar-refractivity contribution is 5.87. The summed E-state index contributed by atoms with van der Waals surface area (Å²) in [5.41, 5.74) is 2.77. The fourth-order valence-electron chi connectivity index (χ4n) is 3.37. The molecule has 1 unspecified atom stereocenters. The zero-order valence-corrected chi connectivity index (χ0v) is 17.2. The molecule has 1 aliphatic rings. The molecule has 0 radical (unpaired) electrons. The quantitative estimate of drug-likeness (QED) is 0.551. The lowest BCUT2D eigenvalue weighted by Crippen LogP contribution is -2.39. The number of pyridine rings is 1. The van der Waals surface area contributed by atoms with Gasteiger partial charge in [0.25, 0.3) is 0 Å². The molecule has 0 saturated heterocycles. The fraction of sp³-hybridized carbons (Fsp3) is 0.182. The van der Waals surface area contributed by atoms with Gasteiger partial charge in [-0.05, 0) is 37.3 Å². The summed E-state index contributed by atoms with van der Waals surface area (Å²) in [6, 6.07) is 10.5. The number of carbonyl (C=O) groups excluding carboxylic acids is 1. The summed E-state index contributed by atoms with van der Waals surface area (Å²) in [7, 11) is 1.86. The largest absolute Gasteiger partial charge is 0.457 e. The van der Waals surface area contributed by atoms with Crippen molar-refractivity contribution in [2.24, 2.45) is 0 Å². The first-order valence-corrected chi connectivity index (χ1v) is 9.58. The molecule has 160 valence electrons. The normalized spacial score (nSPS) is 14.6. The summed E-state index contributed by atoms with van der Waals surface area (Å²) < 4.78 is 33.2. The number of ether oxygens (including phenoxy) is 1. The molecule has 0 aliphatic carbocycles. The summed E-state index contributed by atoms with van der Waals surface area (Å²) in [5.74, 6) is 0.0208. The maximum absolute atomic E-state index is 14.1. The van der Waals surface area contributed by atoms with Crippen molar-refractivity contribution >= 4 is 28.8 Å². The summed E-state index contributed by atoms with van der Waals surface area (Å²) in [6.07, 6.45) is 1.11. The average Bonchev–Trinajstić information content (AvgIpc) is 3.02. The number of anilines is 4. The average molecular weight is 425 g/mol. The number of nitrogens with one attached hydrogen (secondary N) is 3. The van der Waals surface area contributed by atoms with Crippen LogP contribution in [0.15, 0.2) is 48.7 Å². The van der Waals surface area contributed by atoms with Crippen molar-refractivity contribution < 1.29 is 18.3 Å². The first kappa shape index (κ1) is 20.4. The van der Waals surface area contributed by atoms with Crippen LogP contribution < -0.4 is 25.6 Å². The van der Waals surface area contributed by atoms with Gasteiger partial charge in [-0.15, -0.1) is 0 Å². The van der Waals surface area contributed by atoms with E-state index in [1.807, 2.05) is 31.0 Å². The Balaban J connectivity index is 1.55. The van der Waals surface area contributed by atoms with Crippen LogP contribution in [0.4, 0.5) is 31.7 Å². The molecule has 0 fully saturated rings. The Kier molecular flexibility index (Phi) is 5.33. The second-order valence-corrected chi connectivity index (χ2v) is 7.17. The molecule has 3 N–H and O–H groups in total. The number of nitrogens with zero attached hydrogens (tertiary/aromatic N) is 2. The molecule has 0 saturated carbocycles. The monoisotopic (exact) mass is 425 g/mol. The van der Waals surface area contributed by atoms with Crippen LogP contribution in [0.25, 0.3) is 0 Å². The highest BCUT2D eigenvalue weighted by Crippen LogP contribution is 2.42. The van der Waals surface area contributed by atoms with Crippen LogP contribution in [-0.2, 0) is 4.79 Å². The van der Waals surface area contributed by atoms with Crippen molar-refractivity contribution in [3.05, 3.63) is 65.9 Å². The molecule has 0 bridgehead atoms. The lowest BCUT2D eigenvalue weighted by Gasteiger charge is -2.24. The SMILES string of the molecule is CC(=O)Nc1cc(Oc2ccc3c(c2C)NC(Nc2ccc(F)cc2F)N3C)ccn1. The van der Waals surface area contributed by atoms with Gasteiger partial charge < -0.3 is 25.6 Å². The van der Waals surface area contributed by atoms with E-state index in [-0.39, 0.29) is 11.6 Å². The van der Waals surface area contributed by atoms with Gasteiger partial charge in [0.1, 0.15) is 29.0 Å². The minimum Gasteiger partial charge on any atom is -0.457 e. The zero-order valence-electron chi connectivity index (χ0n) is 17.2. The van der Waals surface area contributed by atoms with Gasteiger partial charge in [-0.3, -0.25) is 4.79 Å². The molecular weight excluding hydrogens is 404 g/mol. The van der Waals surface area contributed by atoms with Crippen LogP contribution in [0.1, 0.15) is 12.5 Å². The predicted molar refractivity (Wildman–Crippen MR) is 116 cm³/mol. The second kappa shape index (κ2) is 8.10. The number of halogens is 2. The molecule has 0 spiro atoms. The highest BCUT2D eigenvalue weighted by Gasteiger charge is 2.29. The van der Waals surface area contributed by atoms with Crippen molar-refractivity contribution in [2.45, 2.75) is 20.1 Å². The van der Waals surface area contributed by atoms with Gasteiger partial charge in [-0.25, -0.2) is 13.8 Å². The molecule has 1 aromatic heterocycles. The van der Waals surface area contributed by atoms with Crippen LogP contribution in [0.3, 0.4) is 0 Å². The number of carbonyl (C=O) groups is 1.